The molecule has 0 aliphatic heterocycles. The molecule has 0 aliphatic carbocycles. The first kappa shape index (κ1) is 20.6. The lowest BCUT2D eigenvalue weighted by Gasteiger charge is -2.15. The molecule has 28 heavy (non-hydrogen) atoms. The Labute approximate surface area is 177 Å². The maximum absolute atomic E-state index is 13.0. The predicted octanol–water partition coefficient (Wildman–Crippen LogP) is 6.99. The van der Waals surface area contributed by atoms with E-state index < -0.39 is 0 Å². The summed E-state index contributed by atoms with van der Waals surface area (Å²) in [6.45, 7) is 0.708. The van der Waals surface area contributed by atoms with Crippen molar-refractivity contribution in [3.8, 4) is 11.5 Å². The van der Waals surface area contributed by atoms with E-state index in [1.807, 2.05) is 0 Å². The Morgan fingerprint density at radius 1 is 0.893 bits per heavy atom. The number of nitrogens with one attached hydrogen (secondary N) is 1. The molecule has 0 heterocycles. The van der Waals surface area contributed by atoms with Crippen molar-refractivity contribution < 1.29 is 13.9 Å². The summed E-state index contributed by atoms with van der Waals surface area (Å²) < 4.78 is 24.2. The van der Waals surface area contributed by atoms with Crippen LogP contribution >= 0.6 is 34.8 Å². The molecule has 0 spiro atoms. The van der Waals surface area contributed by atoms with E-state index in [1.54, 1.807) is 49.6 Å². The van der Waals surface area contributed by atoms with Gasteiger partial charge in [0.25, 0.3) is 0 Å². The molecule has 0 saturated heterocycles. The van der Waals surface area contributed by atoms with Crippen LogP contribution in [0.5, 0.6) is 11.5 Å². The van der Waals surface area contributed by atoms with Crippen molar-refractivity contribution in [1.29, 1.82) is 0 Å². The van der Waals surface area contributed by atoms with Gasteiger partial charge in [0.2, 0.25) is 0 Å². The van der Waals surface area contributed by atoms with Gasteiger partial charge in [0.1, 0.15) is 12.4 Å². The highest BCUT2D eigenvalue weighted by Gasteiger charge is 2.12. The van der Waals surface area contributed by atoms with Gasteiger partial charge < -0.3 is 14.8 Å². The number of hydrogen-bond acceptors (Lipinski definition) is 3. The van der Waals surface area contributed by atoms with Gasteiger partial charge in [-0.25, -0.2) is 4.39 Å². The minimum atomic E-state index is -0.290. The Morgan fingerprint density at radius 3 is 2.32 bits per heavy atom. The number of halogens is 4. The van der Waals surface area contributed by atoms with Crippen LogP contribution in [0.4, 0.5) is 10.1 Å². The maximum Gasteiger partial charge on any atom is 0.163 e. The van der Waals surface area contributed by atoms with Gasteiger partial charge in [-0.15, -0.1) is 0 Å². The van der Waals surface area contributed by atoms with E-state index in [2.05, 4.69) is 5.32 Å². The predicted molar refractivity (Wildman–Crippen MR) is 113 cm³/mol. The summed E-state index contributed by atoms with van der Waals surface area (Å²) in [5.41, 5.74) is 2.40. The van der Waals surface area contributed by atoms with E-state index in [0.717, 1.165) is 16.8 Å². The minimum Gasteiger partial charge on any atom is -0.493 e. The van der Waals surface area contributed by atoms with Crippen LogP contribution in [-0.4, -0.2) is 7.11 Å². The largest absolute Gasteiger partial charge is 0.493 e. The van der Waals surface area contributed by atoms with Gasteiger partial charge in [0.05, 0.1) is 17.8 Å². The fourth-order valence-corrected chi connectivity index (χ4v) is 3.25. The molecular weight excluding hydrogens is 424 g/mol. The second kappa shape index (κ2) is 9.37. The molecule has 3 aromatic rings. The van der Waals surface area contributed by atoms with Crippen molar-refractivity contribution in [1.82, 2.24) is 0 Å². The molecule has 3 nitrogen and oxygen atoms in total. The highest BCUT2D eigenvalue weighted by molar-refractivity contribution is 6.36. The van der Waals surface area contributed by atoms with E-state index in [4.69, 9.17) is 44.3 Å². The average molecular weight is 441 g/mol. The van der Waals surface area contributed by atoms with E-state index in [1.165, 1.54) is 12.1 Å². The smallest absolute Gasteiger partial charge is 0.163 e. The van der Waals surface area contributed by atoms with Crippen LogP contribution in [-0.2, 0) is 13.2 Å². The number of anilines is 1. The highest BCUT2D eigenvalue weighted by Crippen LogP contribution is 2.35. The standard InChI is InChI=1S/C21H17Cl3FNO2/c1-27-20-8-14(11-26-19-7-4-15(22)9-18(19)24)17(23)10-21(20)28-12-13-2-5-16(25)6-3-13/h2-10,26H,11-12H2,1H3. The Hall–Kier alpha value is -2.14. The molecule has 146 valence electrons. The topological polar surface area (TPSA) is 30.5 Å². The van der Waals surface area contributed by atoms with E-state index >= 15 is 0 Å². The van der Waals surface area contributed by atoms with Crippen LogP contribution in [0.3, 0.4) is 0 Å². The maximum atomic E-state index is 13.0. The summed E-state index contributed by atoms with van der Waals surface area (Å²) in [6, 6.07) is 14.8. The normalized spacial score (nSPS) is 10.6. The number of benzene rings is 3. The zero-order valence-corrected chi connectivity index (χ0v) is 17.2. The van der Waals surface area contributed by atoms with Crippen molar-refractivity contribution >= 4 is 40.5 Å². The Bertz CT molecular complexity index is 965. The molecule has 0 bridgehead atoms. The fourth-order valence-electron chi connectivity index (χ4n) is 2.55. The molecule has 1 N–H and O–H groups in total. The number of methoxy groups -OCH3 is 1. The summed E-state index contributed by atoms with van der Waals surface area (Å²) in [7, 11) is 1.56. The molecule has 0 atom stereocenters. The molecule has 0 amide bonds. The Kier molecular flexibility index (Phi) is 6.89. The molecule has 0 fully saturated rings. The first-order chi connectivity index (χ1) is 13.5. The highest BCUT2D eigenvalue weighted by atomic mass is 35.5. The average Bonchev–Trinajstić information content (AvgIpc) is 2.68. The van der Waals surface area contributed by atoms with Crippen LogP contribution in [0.2, 0.25) is 15.1 Å². The van der Waals surface area contributed by atoms with E-state index in [9.17, 15) is 4.39 Å². The Morgan fingerprint density at radius 2 is 1.64 bits per heavy atom. The van der Waals surface area contributed by atoms with Crippen molar-refractivity contribution in [3.63, 3.8) is 0 Å². The fraction of sp³-hybridized carbons (Fsp3) is 0.143. The molecule has 3 rings (SSSR count). The second-order valence-electron chi connectivity index (χ2n) is 5.99. The molecule has 3 aromatic carbocycles. The van der Waals surface area contributed by atoms with Gasteiger partial charge in [-0.1, -0.05) is 46.9 Å². The van der Waals surface area contributed by atoms with Gasteiger partial charge in [0.15, 0.2) is 11.5 Å². The van der Waals surface area contributed by atoms with Crippen molar-refractivity contribution in [2.75, 3.05) is 12.4 Å². The second-order valence-corrected chi connectivity index (χ2v) is 7.24. The lowest BCUT2D eigenvalue weighted by Crippen LogP contribution is -2.03. The van der Waals surface area contributed by atoms with Gasteiger partial charge in [0, 0.05) is 22.7 Å². The van der Waals surface area contributed by atoms with Crippen LogP contribution in [0.25, 0.3) is 0 Å². The monoisotopic (exact) mass is 439 g/mol. The molecule has 0 saturated carbocycles. The van der Waals surface area contributed by atoms with Crippen LogP contribution in [0.15, 0.2) is 54.6 Å². The Balaban J connectivity index is 1.72. The van der Waals surface area contributed by atoms with Crippen molar-refractivity contribution in [3.05, 3.63) is 86.6 Å². The quantitative estimate of drug-likeness (QED) is 0.429. The van der Waals surface area contributed by atoms with Gasteiger partial charge >= 0.3 is 0 Å². The van der Waals surface area contributed by atoms with Crippen molar-refractivity contribution in [2.45, 2.75) is 13.2 Å². The van der Waals surface area contributed by atoms with E-state index in [0.29, 0.717) is 33.1 Å². The summed E-state index contributed by atoms with van der Waals surface area (Å²) >= 11 is 18.5. The molecular formula is C21H17Cl3FNO2. The van der Waals surface area contributed by atoms with Crippen LogP contribution in [0, 0.1) is 5.82 Å². The van der Waals surface area contributed by atoms with Crippen LogP contribution in [0.1, 0.15) is 11.1 Å². The third-order valence-corrected chi connectivity index (χ3v) is 4.94. The third-order valence-electron chi connectivity index (χ3n) is 4.04. The molecule has 0 radical (unpaired) electrons. The lowest BCUT2D eigenvalue weighted by atomic mass is 10.2. The number of ether oxygens (including phenoxy) is 2. The zero-order valence-electron chi connectivity index (χ0n) is 14.9. The summed E-state index contributed by atoms with van der Waals surface area (Å²) in [6.07, 6.45) is 0. The molecule has 7 heteroatoms. The van der Waals surface area contributed by atoms with Gasteiger partial charge in [-0.2, -0.15) is 0 Å². The minimum absolute atomic E-state index is 0.269. The van der Waals surface area contributed by atoms with Crippen molar-refractivity contribution in [2.24, 2.45) is 0 Å². The van der Waals surface area contributed by atoms with Gasteiger partial charge in [-0.05, 0) is 47.5 Å². The summed E-state index contributed by atoms with van der Waals surface area (Å²) in [4.78, 5) is 0. The first-order valence-corrected chi connectivity index (χ1v) is 9.52. The first-order valence-electron chi connectivity index (χ1n) is 8.39. The molecule has 0 aromatic heterocycles. The van der Waals surface area contributed by atoms with Gasteiger partial charge in [-0.3, -0.25) is 0 Å². The van der Waals surface area contributed by atoms with Crippen LogP contribution < -0.4 is 14.8 Å². The summed E-state index contributed by atoms with van der Waals surface area (Å²) in [5, 5.41) is 4.84. The number of hydrogen-bond donors (Lipinski definition) is 1. The lowest BCUT2D eigenvalue weighted by molar-refractivity contribution is 0.284. The number of rotatable bonds is 7. The zero-order chi connectivity index (χ0) is 20.1. The van der Waals surface area contributed by atoms with E-state index in [-0.39, 0.29) is 12.4 Å². The SMILES string of the molecule is COc1cc(CNc2ccc(Cl)cc2Cl)c(Cl)cc1OCc1ccc(F)cc1. The molecule has 0 aliphatic rings. The summed E-state index contributed by atoms with van der Waals surface area (Å²) in [5.74, 6) is 0.762. The molecule has 0 unspecified atom stereocenters. The third kappa shape index (κ3) is 5.22.